The minimum atomic E-state index is 0.507. The summed E-state index contributed by atoms with van der Waals surface area (Å²) in [5.41, 5.74) is 1.73. The van der Waals surface area contributed by atoms with E-state index in [1.54, 1.807) is 24.3 Å². The van der Waals surface area contributed by atoms with Crippen LogP contribution >= 0.6 is 23.2 Å². The van der Waals surface area contributed by atoms with Crippen molar-refractivity contribution in [2.24, 2.45) is 0 Å². The van der Waals surface area contributed by atoms with E-state index in [0.717, 1.165) is 44.0 Å². The molecule has 162 valence electrons. The Kier molecular flexibility index (Phi) is 17.6. The standard InChI is InChI=1S/C11H17ClN2.C7H5ClO.C4H12N2/c1-13-7-8-14(2)9-10-5-3-4-6-11(10)12;8-7-4-2-1-3-6(7)5-9;1-5-3-4-6-2/h3-6,13H,7-9H2,1-2H3;1-5H;5-6H,3-4H2,1-2H3. The van der Waals surface area contributed by atoms with Crippen molar-refractivity contribution in [2.75, 3.05) is 54.4 Å². The van der Waals surface area contributed by atoms with E-state index in [2.05, 4.69) is 34.0 Å². The van der Waals surface area contributed by atoms with Crippen molar-refractivity contribution in [1.82, 2.24) is 20.9 Å². The Balaban J connectivity index is 0.000000448. The summed E-state index contributed by atoms with van der Waals surface area (Å²) in [6.07, 6.45) is 0.738. The first-order chi connectivity index (χ1) is 14.0. The third-order valence-corrected chi connectivity index (χ3v) is 4.51. The fourth-order valence-electron chi connectivity index (χ4n) is 2.12. The lowest BCUT2D eigenvalue weighted by Gasteiger charge is -2.16. The van der Waals surface area contributed by atoms with Crippen LogP contribution in [-0.2, 0) is 6.54 Å². The number of likely N-dealkylation sites (N-methyl/N-ethyl adjacent to an activating group) is 4. The van der Waals surface area contributed by atoms with Gasteiger partial charge in [-0.25, -0.2) is 0 Å². The smallest absolute Gasteiger partial charge is 0.151 e. The SMILES string of the molecule is CNCCN(C)Cc1ccccc1Cl.CNCCNC.O=Cc1ccccc1Cl. The van der Waals surface area contributed by atoms with Gasteiger partial charge in [-0.1, -0.05) is 59.6 Å². The second-order valence-electron chi connectivity index (χ2n) is 6.28. The van der Waals surface area contributed by atoms with Crippen LogP contribution in [-0.4, -0.2) is 65.6 Å². The lowest BCUT2D eigenvalue weighted by atomic mass is 10.2. The van der Waals surface area contributed by atoms with Crippen LogP contribution in [0.5, 0.6) is 0 Å². The largest absolute Gasteiger partial charge is 0.318 e. The van der Waals surface area contributed by atoms with Gasteiger partial charge < -0.3 is 20.9 Å². The van der Waals surface area contributed by atoms with E-state index in [9.17, 15) is 4.79 Å². The molecule has 0 unspecified atom stereocenters. The highest BCUT2D eigenvalue weighted by atomic mass is 35.5. The summed E-state index contributed by atoms with van der Waals surface area (Å²) in [5.74, 6) is 0. The summed E-state index contributed by atoms with van der Waals surface area (Å²) in [7, 11) is 7.94. The number of rotatable bonds is 9. The molecule has 0 spiro atoms. The minimum absolute atomic E-state index is 0.507. The van der Waals surface area contributed by atoms with Crippen LogP contribution in [0.15, 0.2) is 48.5 Å². The summed E-state index contributed by atoms with van der Waals surface area (Å²) in [6, 6.07) is 14.9. The van der Waals surface area contributed by atoms with Crippen molar-refractivity contribution in [3.05, 3.63) is 69.7 Å². The van der Waals surface area contributed by atoms with Crippen LogP contribution < -0.4 is 16.0 Å². The molecule has 2 aromatic carbocycles. The number of nitrogens with zero attached hydrogens (tertiary/aromatic N) is 1. The third kappa shape index (κ3) is 14.2. The summed E-state index contributed by atoms with van der Waals surface area (Å²) < 4.78 is 0. The average molecular weight is 441 g/mol. The molecule has 0 heterocycles. The molecule has 0 radical (unpaired) electrons. The van der Waals surface area contributed by atoms with E-state index >= 15 is 0 Å². The number of hydrogen-bond donors (Lipinski definition) is 3. The first-order valence-electron chi connectivity index (χ1n) is 9.55. The fraction of sp³-hybridized carbons (Fsp3) is 0.409. The number of carbonyl (C=O) groups is 1. The maximum atomic E-state index is 10.1. The fourth-order valence-corrected chi connectivity index (χ4v) is 2.50. The highest BCUT2D eigenvalue weighted by Crippen LogP contribution is 2.16. The van der Waals surface area contributed by atoms with Crippen molar-refractivity contribution in [3.8, 4) is 0 Å². The molecular weight excluding hydrogens is 407 g/mol. The molecule has 0 saturated carbocycles. The van der Waals surface area contributed by atoms with E-state index in [1.165, 1.54) is 5.56 Å². The lowest BCUT2D eigenvalue weighted by Crippen LogP contribution is -2.27. The average Bonchev–Trinajstić information content (AvgIpc) is 2.73. The van der Waals surface area contributed by atoms with Crippen LogP contribution in [0.25, 0.3) is 0 Å². The Bertz CT molecular complexity index is 667. The summed E-state index contributed by atoms with van der Waals surface area (Å²) in [6.45, 7) is 5.04. The molecule has 0 aromatic heterocycles. The Morgan fingerprint density at radius 1 is 0.828 bits per heavy atom. The molecule has 0 fully saturated rings. The molecule has 0 aliphatic heterocycles. The van der Waals surface area contributed by atoms with Gasteiger partial charge in [-0.05, 0) is 45.9 Å². The zero-order chi connectivity index (χ0) is 21.9. The maximum Gasteiger partial charge on any atom is 0.151 e. The molecule has 2 aromatic rings. The van der Waals surface area contributed by atoms with Crippen molar-refractivity contribution < 1.29 is 4.79 Å². The number of aldehydes is 1. The monoisotopic (exact) mass is 440 g/mol. The summed E-state index contributed by atoms with van der Waals surface area (Å²) >= 11 is 11.7. The van der Waals surface area contributed by atoms with Gasteiger partial charge in [0.05, 0.1) is 5.02 Å². The van der Waals surface area contributed by atoms with Crippen molar-refractivity contribution >= 4 is 29.5 Å². The van der Waals surface area contributed by atoms with Crippen LogP contribution in [0.3, 0.4) is 0 Å². The first kappa shape index (κ1) is 27.5. The van der Waals surface area contributed by atoms with Gasteiger partial charge in [-0.2, -0.15) is 0 Å². The Morgan fingerprint density at radius 2 is 1.34 bits per heavy atom. The molecule has 2 rings (SSSR count). The van der Waals surface area contributed by atoms with Gasteiger partial charge in [-0.3, -0.25) is 4.79 Å². The molecule has 0 aliphatic rings. The molecule has 0 atom stereocenters. The quantitative estimate of drug-likeness (QED) is 0.410. The van der Waals surface area contributed by atoms with Crippen LogP contribution in [0, 0.1) is 0 Å². The van der Waals surface area contributed by atoms with Gasteiger partial charge in [0.1, 0.15) is 0 Å². The van der Waals surface area contributed by atoms with Crippen molar-refractivity contribution in [2.45, 2.75) is 6.54 Å². The zero-order valence-corrected chi connectivity index (χ0v) is 19.4. The van der Waals surface area contributed by atoms with E-state index in [4.69, 9.17) is 23.2 Å². The second-order valence-corrected chi connectivity index (χ2v) is 7.09. The first-order valence-corrected chi connectivity index (χ1v) is 10.3. The number of nitrogens with one attached hydrogen (secondary N) is 3. The molecule has 0 bridgehead atoms. The highest BCUT2D eigenvalue weighted by Gasteiger charge is 2.02. The maximum absolute atomic E-state index is 10.1. The van der Waals surface area contributed by atoms with Gasteiger partial charge in [0.2, 0.25) is 0 Å². The number of benzene rings is 2. The second kappa shape index (κ2) is 18.6. The van der Waals surface area contributed by atoms with Crippen LogP contribution in [0.4, 0.5) is 0 Å². The van der Waals surface area contributed by atoms with E-state index in [0.29, 0.717) is 10.6 Å². The predicted octanol–water partition coefficient (Wildman–Crippen LogP) is 3.57. The Morgan fingerprint density at radius 3 is 1.79 bits per heavy atom. The van der Waals surface area contributed by atoms with Crippen LogP contribution in [0.2, 0.25) is 10.0 Å². The molecule has 3 N–H and O–H groups in total. The van der Waals surface area contributed by atoms with Gasteiger partial charge in [-0.15, -0.1) is 0 Å². The summed E-state index contributed by atoms with van der Waals surface area (Å²) in [4.78, 5) is 12.4. The normalized spacial score (nSPS) is 9.90. The van der Waals surface area contributed by atoms with Crippen molar-refractivity contribution in [3.63, 3.8) is 0 Å². The summed E-state index contributed by atoms with van der Waals surface area (Å²) in [5, 5.41) is 10.5. The van der Waals surface area contributed by atoms with E-state index in [1.807, 2.05) is 39.3 Å². The predicted molar refractivity (Wildman–Crippen MR) is 126 cm³/mol. The molecule has 29 heavy (non-hydrogen) atoms. The molecular formula is C22H34Cl2N4O. The van der Waals surface area contributed by atoms with E-state index < -0.39 is 0 Å². The number of halogens is 2. The zero-order valence-electron chi connectivity index (χ0n) is 17.8. The molecule has 0 amide bonds. The van der Waals surface area contributed by atoms with Crippen molar-refractivity contribution in [1.29, 1.82) is 0 Å². The van der Waals surface area contributed by atoms with Gasteiger partial charge in [0.15, 0.2) is 6.29 Å². The molecule has 7 heteroatoms. The molecule has 5 nitrogen and oxygen atoms in total. The van der Waals surface area contributed by atoms with Gasteiger partial charge in [0.25, 0.3) is 0 Å². The number of carbonyl (C=O) groups excluding carboxylic acids is 1. The highest BCUT2D eigenvalue weighted by molar-refractivity contribution is 6.32. The van der Waals surface area contributed by atoms with Crippen LogP contribution in [0.1, 0.15) is 15.9 Å². The van der Waals surface area contributed by atoms with Gasteiger partial charge >= 0.3 is 0 Å². The molecule has 0 aliphatic carbocycles. The lowest BCUT2D eigenvalue weighted by molar-refractivity contribution is 0.112. The van der Waals surface area contributed by atoms with Gasteiger partial charge in [0, 0.05) is 43.3 Å². The Hall–Kier alpha value is -1.47. The number of hydrogen-bond acceptors (Lipinski definition) is 5. The third-order valence-electron chi connectivity index (χ3n) is 3.80. The topological polar surface area (TPSA) is 56.4 Å². The molecule has 0 saturated heterocycles. The minimum Gasteiger partial charge on any atom is -0.318 e. The Labute approximate surface area is 185 Å². The van der Waals surface area contributed by atoms with E-state index in [-0.39, 0.29) is 0 Å².